The fourth-order valence-corrected chi connectivity index (χ4v) is 2.07. The summed E-state index contributed by atoms with van der Waals surface area (Å²) in [5, 5.41) is 3.22. The second-order valence-electron chi connectivity index (χ2n) is 4.45. The molecule has 0 saturated carbocycles. The van der Waals surface area contributed by atoms with E-state index in [0.29, 0.717) is 11.6 Å². The summed E-state index contributed by atoms with van der Waals surface area (Å²) < 4.78 is 0. The van der Waals surface area contributed by atoms with Gasteiger partial charge in [-0.2, -0.15) is 0 Å². The van der Waals surface area contributed by atoms with Crippen molar-refractivity contribution in [2.24, 2.45) is 0 Å². The van der Waals surface area contributed by atoms with Gasteiger partial charge in [-0.3, -0.25) is 9.59 Å². The summed E-state index contributed by atoms with van der Waals surface area (Å²) in [5.41, 5.74) is 0.903. The average Bonchev–Trinajstić information content (AvgIpc) is 2.45. The molecule has 108 valence electrons. The second kappa shape index (κ2) is 7.70. The minimum absolute atomic E-state index is 0.0539. The van der Waals surface area contributed by atoms with Crippen molar-refractivity contribution in [3.63, 3.8) is 0 Å². The Hall–Kier alpha value is -1.81. The molecule has 0 aliphatic carbocycles. The quantitative estimate of drug-likeness (QED) is 0.820. The number of carbonyl (C=O) groups excluding carboxylic acids is 2. The third kappa shape index (κ3) is 4.38. The largest absolute Gasteiger partial charge is 0.352 e. The highest BCUT2D eigenvalue weighted by atomic mass is 35.5. The van der Waals surface area contributed by atoms with Crippen molar-refractivity contribution < 1.29 is 9.59 Å². The number of nitrogens with zero attached hydrogens (tertiary/aromatic N) is 1. The molecular formula is C15H19ClN2O2. The lowest BCUT2D eigenvalue weighted by Gasteiger charge is -2.26. The monoisotopic (exact) mass is 294 g/mol. The molecule has 20 heavy (non-hydrogen) atoms. The molecule has 4 nitrogen and oxygen atoms in total. The Balaban J connectivity index is 2.58. The molecule has 5 heteroatoms. The van der Waals surface area contributed by atoms with Crippen LogP contribution in [-0.4, -0.2) is 30.3 Å². The van der Waals surface area contributed by atoms with Crippen LogP contribution in [0.4, 0.5) is 0 Å². The van der Waals surface area contributed by atoms with Crippen LogP contribution in [-0.2, 0) is 9.59 Å². The van der Waals surface area contributed by atoms with E-state index in [1.54, 1.807) is 18.0 Å². The van der Waals surface area contributed by atoms with E-state index < -0.39 is 0 Å². The average molecular weight is 295 g/mol. The van der Waals surface area contributed by atoms with E-state index in [2.05, 4.69) is 11.9 Å². The van der Waals surface area contributed by atoms with Crippen molar-refractivity contribution in [3.8, 4) is 0 Å². The van der Waals surface area contributed by atoms with Crippen molar-refractivity contribution in [2.45, 2.75) is 19.4 Å². The zero-order chi connectivity index (χ0) is 15.1. The van der Waals surface area contributed by atoms with Gasteiger partial charge in [0.25, 0.3) is 0 Å². The van der Waals surface area contributed by atoms with E-state index >= 15 is 0 Å². The summed E-state index contributed by atoms with van der Waals surface area (Å²) >= 11 is 6.13. The number of hydrogen-bond acceptors (Lipinski definition) is 2. The molecule has 0 aliphatic rings. The molecular weight excluding hydrogens is 276 g/mol. The van der Waals surface area contributed by atoms with Crippen LogP contribution >= 0.6 is 11.6 Å². The summed E-state index contributed by atoms with van der Waals surface area (Å²) in [4.78, 5) is 24.7. The maximum atomic E-state index is 12.0. The van der Waals surface area contributed by atoms with Gasteiger partial charge in [0.2, 0.25) is 11.8 Å². The number of nitrogens with one attached hydrogen (secondary N) is 1. The highest BCUT2D eigenvalue weighted by Crippen LogP contribution is 2.26. The highest BCUT2D eigenvalue weighted by molar-refractivity contribution is 6.31. The Morgan fingerprint density at radius 3 is 2.70 bits per heavy atom. The normalized spacial score (nSPS) is 11.6. The number of halogens is 1. The molecule has 0 bridgehead atoms. The van der Waals surface area contributed by atoms with E-state index in [1.807, 2.05) is 25.1 Å². The number of carbonyl (C=O) groups is 2. The Kier molecular flexibility index (Phi) is 6.25. The Morgan fingerprint density at radius 2 is 2.10 bits per heavy atom. The molecule has 0 aliphatic heterocycles. The number of benzene rings is 1. The van der Waals surface area contributed by atoms with Crippen LogP contribution in [0.3, 0.4) is 0 Å². The van der Waals surface area contributed by atoms with Crippen LogP contribution in [0.5, 0.6) is 0 Å². The summed E-state index contributed by atoms with van der Waals surface area (Å²) in [7, 11) is 1.73. The number of hydrogen-bond donors (Lipinski definition) is 1. The molecule has 0 heterocycles. The summed E-state index contributed by atoms with van der Waals surface area (Å²) in [6.45, 7) is 5.56. The van der Waals surface area contributed by atoms with Crippen molar-refractivity contribution in [1.29, 1.82) is 0 Å². The lowest BCUT2D eigenvalue weighted by Crippen LogP contribution is -2.33. The van der Waals surface area contributed by atoms with Crippen LogP contribution < -0.4 is 5.32 Å². The van der Waals surface area contributed by atoms with Crippen LogP contribution in [0.15, 0.2) is 36.9 Å². The fourth-order valence-electron chi connectivity index (χ4n) is 1.78. The molecule has 1 atom stereocenters. The minimum Gasteiger partial charge on any atom is -0.352 e. The van der Waals surface area contributed by atoms with Gasteiger partial charge in [-0.25, -0.2) is 0 Å². The molecule has 1 aromatic rings. The van der Waals surface area contributed by atoms with Crippen molar-refractivity contribution in [2.75, 3.05) is 13.6 Å². The molecule has 1 unspecified atom stereocenters. The Morgan fingerprint density at radius 1 is 1.45 bits per heavy atom. The van der Waals surface area contributed by atoms with E-state index in [1.165, 1.54) is 6.08 Å². The third-order valence-electron chi connectivity index (χ3n) is 3.15. The zero-order valence-corrected chi connectivity index (χ0v) is 12.5. The van der Waals surface area contributed by atoms with Crippen LogP contribution in [0.2, 0.25) is 5.02 Å². The number of amides is 2. The molecule has 1 aromatic carbocycles. The molecule has 1 rings (SSSR count). The van der Waals surface area contributed by atoms with E-state index in [-0.39, 0.29) is 24.3 Å². The molecule has 0 aromatic heterocycles. The lowest BCUT2D eigenvalue weighted by molar-refractivity contribution is -0.131. The molecule has 2 amide bonds. The first-order valence-corrected chi connectivity index (χ1v) is 6.75. The van der Waals surface area contributed by atoms with E-state index in [0.717, 1.165) is 5.56 Å². The summed E-state index contributed by atoms with van der Waals surface area (Å²) in [5.74, 6) is -0.332. The predicted molar refractivity (Wildman–Crippen MR) is 80.5 cm³/mol. The van der Waals surface area contributed by atoms with E-state index in [9.17, 15) is 9.59 Å². The molecule has 1 N–H and O–H groups in total. The molecule has 0 spiro atoms. The first-order chi connectivity index (χ1) is 9.47. The van der Waals surface area contributed by atoms with Gasteiger partial charge in [0.15, 0.2) is 0 Å². The van der Waals surface area contributed by atoms with Gasteiger partial charge in [0, 0.05) is 25.0 Å². The highest BCUT2D eigenvalue weighted by Gasteiger charge is 2.18. The Bertz CT molecular complexity index is 502. The topological polar surface area (TPSA) is 49.4 Å². The van der Waals surface area contributed by atoms with Gasteiger partial charge in [0.1, 0.15) is 0 Å². The van der Waals surface area contributed by atoms with E-state index in [4.69, 9.17) is 11.6 Å². The maximum absolute atomic E-state index is 12.0. The summed E-state index contributed by atoms with van der Waals surface area (Å²) in [6.07, 6.45) is 1.42. The molecule has 0 saturated heterocycles. The summed E-state index contributed by atoms with van der Waals surface area (Å²) in [6, 6.07) is 7.32. The van der Waals surface area contributed by atoms with Gasteiger partial charge < -0.3 is 10.2 Å². The number of rotatable bonds is 6. The lowest BCUT2D eigenvalue weighted by atomic mass is 10.1. The third-order valence-corrected chi connectivity index (χ3v) is 3.50. The zero-order valence-electron chi connectivity index (χ0n) is 11.7. The van der Waals surface area contributed by atoms with Gasteiger partial charge in [0.05, 0.1) is 6.04 Å². The SMILES string of the molecule is C=CC(=O)NCCC(=O)N(C)C(C)c1ccccc1Cl. The second-order valence-corrected chi connectivity index (χ2v) is 4.85. The van der Waals surface area contributed by atoms with Gasteiger partial charge in [-0.1, -0.05) is 36.4 Å². The first kappa shape index (κ1) is 16.2. The van der Waals surface area contributed by atoms with Gasteiger partial charge >= 0.3 is 0 Å². The smallest absolute Gasteiger partial charge is 0.243 e. The van der Waals surface area contributed by atoms with Crippen molar-refractivity contribution >= 4 is 23.4 Å². The van der Waals surface area contributed by atoms with Gasteiger partial charge in [-0.15, -0.1) is 0 Å². The maximum Gasteiger partial charge on any atom is 0.243 e. The van der Waals surface area contributed by atoms with Crippen molar-refractivity contribution in [1.82, 2.24) is 10.2 Å². The van der Waals surface area contributed by atoms with Crippen LogP contribution in [0, 0.1) is 0 Å². The van der Waals surface area contributed by atoms with Crippen molar-refractivity contribution in [3.05, 3.63) is 47.5 Å². The molecule has 0 radical (unpaired) electrons. The standard InChI is InChI=1S/C15H19ClN2O2/c1-4-14(19)17-10-9-15(20)18(3)11(2)12-7-5-6-8-13(12)16/h4-8,11H,1,9-10H2,2-3H3,(H,17,19). The fraction of sp³-hybridized carbons (Fsp3) is 0.333. The van der Waals surface area contributed by atoms with Crippen LogP contribution in [0.25, 0.3) is 0 Å². The minimum atomic E-state index is -0.278. The predicted octanol–water partition coefficient (Wildman–Crippen LogP) is 2.55. The van der Waals surface area contributed by atoms with Crippen LogP contribution in [0.1, 0.15) is 24.9 Å². The molecule has 0 fully saturated rings. The Labute approximate surface area is 124 Å². The first-order valence-electron chi connectivity index (χ1n) is 6.37. The van der Waals surface area contributed by atoms with Gasteiger partial charge in [-0.05, 0) is 24.6 Å².